The van der Waals surface area contributed by atoms with Gasteiger partial charge in [0.2, 0.25) is 0 Å². The second-order valence-electron chi connectivity index (χ2n) is 1.11. The first kappa shape index (κ1) is 7.97. The summed E-state index contributed by atoms with van der Waals surface area (Å²) in [6, 6.07) is 5.72. The lowest BCUT2D eigenvalue weighted by Crippen LogP contribution is -1.58. The van der Waals surface area contributed by atoms with Gasteiger partial charge in [0.15, 0.2) is 0 Å². The Morgan fingerprint density at radius 2 is 1.44 bits per heavy atom. The summed E-state index contributed by atoms with van der Waals surface area (Å²) >= 11 is 0. The predicted octanol–water partition coefficient (Wildman–Crippen LogP) is 0.463. The Hall–Kier alpha value is -1.03. The molecule has 0 N–H and O–H groups in total. The fraction of sp³-hybridized carbons (Fsp3) is 0. The second-order valence-corrected chi connectivity index (χ2v) is 1.27. The van der Waals surface area contributed by atoms with Gasteiger partial charge < -0.3 is 0 Å². The molecule has 1 aromatic heterocycles. The molecule has 0 saturated heterocycles. The van der Waals surface area contributed by atoms with E-state index in [1.807, 2.05) is 18.2 Å². The molecule has 4 heteroatoms. The summed E-state index contributed by atoms with van der Waals surface area (Å²) in [7, 11) is -1.42. The van der Waals surface area contributed by atoms with E-state index in [0.29, 0.717) is 0 Å². The van der Waals surface area contributed by atoms with Crippen LogP contribution in [-0.2, 0) is 8.92 Å². The Morgan fingerprint density at radius 1 is 1.00 bits per heavy atom. The largest absolute Gasteiger partial charge is 0.549 e. The van der Waals surface area contributed by atoms with Crippen LogP contribution < -0.4 is 0 Å². The molecule has 0 spiro atoms. The van der Waals surface area contributed by atoms with Crippen LogP contribution in [0.1, 0.15) is 0 Å². The lowest BCUT2D eigenvalue weighted by Gasteiger charge is -1.70. The number of pyridine rings is 1. The summed E-state index contributed by atoms with van der Waals surface area (Å²) in [5.74, 6) is 0. The molecular formula is C5H5NO2Si. The Morgan fingerprint density at radius 3 is 1.56 bits per heavy atom. The monoisotopic (exact) mass is 139 g/mol. The van der Waals surface area contributed by atoms with Crippen LogP contribution >= 0.6 is 0 Å². The molecule has 0 fully saturated rings. The van der Waals surface area contributed by atoms with Crippen molar-refractivity contribution in [3.63, 3.8) is 0 Å². The van der Waals surface area contributed by atoms with Crippen LogP contribution in [-0.4, -0.2) is 14.3 Å². The maximum Gasteiger partial charge on any atom is 0.549 e. The van der Waals surface area contributed by atoms with E-state index in [0.717, 1.165) is 0 Å². The zero-order valence-corrected chi connectivity index (χ0v) is 5.65. The molecule has 0 atom stereocenters. The van der Waals surface area contributed by atoms with E-state index in [1.165, 1.54) is 0 Å². The van der Waals surface area contributed by atoms with Gasteiger partial charge in [-0.3, -0.25) is 13.9 Å². The van der Waals surface area contributed by atoms with E-state index < -0.39 is 9.29 Å². The SMILES string of the molecule is O=[Si]=O.c1ccncc1. The summed E-state index contributed by atoms with van der Waals surface area (Å²) in [5, 5.41) is 0. The standard InChI is InChI=1S/C5H5N.O2Si/c1-2-4-6-5-3-1;1-3-2/h1-5H;. The van der Waals surface area contributed by atoms with E-state index in [1.54, 1.807) is 12.4 Å². The molecule has 1 rings (SSSR count). The molecule has 0 aliphatic rings. The Balaban J connectivity index is 0.000000187. The molecule has 1 aromatic rings. The van der Waals surface area contributed by atoms with Gasteiger partial charge in [0, 0.05) is 12.4 Å². The molecule has 1 heterocycles. The molecule has 3 nitrogen and oxygen atoms in total. The number of hydrogen-bond donors (Lipinski definition) is 0. The minimum atomic E-state index is -1.42. The number of hydrogen-bond acceptors (Lipinski definition) is 3. The highest BCUT2D eigenvalue weighted by molar-refractivity contribution is 5.94. The zero-order chi connectivity index (χ0) is 6.95. The molecule has 0 radical (unpaired) electrons. The highest BCUT2D eigenvalue weighted by Gasteiger charge is 1.58. The van der Waals surface area contributed by atoms with Crippen molar-refractivity contribution in [2.45, 2.75) is 0 Å². The van der Waals surface area contributed by atoms with Crippen LogP contribution in [0.25, 0.3) is 0 Å². The average Bonchev–Trinajstić information content (AvgIpc) is 1.93. The Kier molecular flexibility index (Phi) is 6.17. The molecule has 9 heavy (non-hydrogen) atoms. The molecule has 0 unspecified atom stereocenters. The highest BCUT2D eigenvalue weighted by atomic mass is 28.2. The molecule has 0 aromatic carbocycles. The second kappa shape index (κ2) is 6.97. The number of aromatic nitrogens is 1. The summed E-state index contributed by atoms with van der Waals surface area (Å²) in [5.41, 5.74) is 0. The van der Waals surface area contributed by atoms with Crippen LogP contribution in [0.5, 0.6) is 0 Å². The van der Waals surface area contributed by atoms with Crippen molar-refractivity contribution >= 4 is 9.29 Å². The van der Waals surface area contributed by atoms with Crippen LogP contribution in [0.3, 0.4) is 0 Å². The summed E-state index contributed by atoms with van der Waals surface area (Å²) in [6.07, 6.45) is 3.50. The van der Waals surface area contributed by atoms with Gasteiger partial charge in [0.05, 0.1) is 0 Å². The Labute approximate surface area is 54.7 Å². The Bertz CT molecular complexity index is 145. The van der Waals surface area contributed by atoms with Gasteiger partial charge in [-0.05, 0) is 12.1 Å². The van der Waals surface area contributed by atoms with Gasteiger partial charge in [0.25, 0.3) is 0 Å². The first-order valence-electron chi connectivity index (χ1n) is 2.26. The van der Waals surface area contributed by atoms with Gasteiger partial charge in [-0.1, -0.05) is 6.07 Å². The third kappa shape index (κ3) is 6.97. The van der Waals surface area contributed by atoms with Crippen molar-refractivity contribution in [2.24, 2.45) is 0 Å². The van der Waals surface area contributed by atoms with Crippen molar-refractivity contribution in [3.05, 3.63) is 30.6 Å². The number of nitrogens with zero attached hydrogens (tertiary/aromatic N) is 1. The van der Waals surface area contributed by atoms with Crippen LogP contribution in [0, 0.1) is 0 Å². The lowest BCUT2D eigenvalue weighted by molar-refractivity contribution is 0.497. The average molecular weight is 139 g/mol. The van der Waals surface area contributed by atoms with Gasteiger partial charge >= 0.3 is 9.29 Å². The summed E-state index contributed by atoms with van der Waals surface area (Å²) in [4.78, 5) is 3.78. The minimum absolute atomic E-state index is 1.42. The van der Waals surface area contributed by atoms with Gasteiger partial charge in [-0.2, -0.15) is 0 Å². The van der Waals surface area contributed by atoms with Gasteiger partial charge in [0.1, 0.15) is 0 Å². The maximum atomic E-state index is 8.40. The van der Waals surface area contributed by atoms with E-state index in [4.69, 9.17) is 8.92 Å². The van der Waals surface area contributed by atoms with E-state index >= 15 is 0 Å². The molecule has 0 amide bonds. The highest BCUT2D eigenvalue weighted by Crippen LogP contribution is 1.73. The van der Waals surface area contributed by atoms with Gasteiger partial charge in [-0.25, -0.2) is 0 Å². The molecule has 0 aliphatic carbocycles. The predicted molar refractivity (Wildman–Crippen MR) is 31.4 cm³/mol. The molecule has 46 valence electrons. The topological polar surface area (TPSA) is 47.0 Å². The van der Waals surface area contributed by atoms with Crippen molar-refractivity contribution in [1.82, 2.24) is 4.98 Å². The van der Waals surface area contributed by atoms with E-state index in [9.17, 15) is 0 Å². The molecule has 0 aliphatic heterocycles. The van der Waals surface area contributed by atoms with Gasteiger partial charge in [-0.15, -0.1) is 0 Å². The third-order valence-electron chi connectivity index (χ3n) is 0.566. The molecule has 0 bridgehead atoms. The smallest absolute Gasteiger partial charge is 0.274 e. The van der Waals surface area contributed by atoms with Crippen LogP contribution in [0.15, 0.2) is 30.6 Å². The van der Waals surface area contributed by atoms with Crippen LogP contribution in [0.4, 0.5) is 0 Å². The first-order chi connectivity index (χ1) is 4.41. The maximum absolute atomic E-state index is 8.40. The lowest BCUT2D eigenvalue weighted by atomic mass is 10.5. The molecular weight excluding hydrogens is 134 g/mol. The minimum Gasteiger partial charge on any atom is -0.274 e. The quantitative estimate of drug-likeness (QED) is 0.491. The summed E-state index contributed by atoms with van der Waals surface area (Å²) < 4.78 is 16.8. The van der Waals surface area contributed by atoms with Crippen molar-refractivity contribution in [3.8, 4) is 0 Å². The van der Waals surface area contributed by atoms with Crippen molar-refractivity contribution in [2.75, 3.05) is 0 Å². The van der Waals surface area contributed by atoms with Crippen LogP contribution in [0.2, 0.25) is 0 Å². The van der Waals surface area contributed by atoms with Crippen molar-refractivity contribution in [1.29, 1.82) is 0 Å². The number of rotatable bonds is 0. The first-order valence-corrected chi connectivity index (χ1v) is 3.07. The summed E-state index contributed by atoms with van der Waals surface area (Å²) in [6.45, 7) is 0. The third-order valence-corrected chi connectivity index (χ3v) is 0.566. The zero-order valence-electron chi connectivity index (χ0n) is 4.65. The van der Waals surface area contributed by atoms with E-state index in [2.05, 4.69) is 4.98 Å². The van der Waals surface area contributed by atoms with Crippen molar-refractivity contribution < 1.29 is 8.92 Å². The molecule has 0 saturated carbocycles. The fourth-order valence-corrected chi connectivity index (χ4v) is 0.313. The fourth-order valence-electron chi connectivity index (χ4n) is 0.313. The van der Waals surface area contributed by atoms with E-state index in [-0.39, 0.29) is 0 Å². The normalized spacial score (nSPS) is 6.22.